The SMILES string of the molecule is COc1ccc(C=c2sc3nc4ccccc4n3c2=O)cc1OCc1ccccc1. The summed E-state index contributed by atoms with van der Waals surface area (Å²) < 4.78 is 13.7. The van der Waals surface area contributed by atoms with Crippen LogP contribution in [-0.4, -0.2) is 16.5 Å². The van der Waals surface area contributed by atoms with Gasteiger partial charge in [-0.3, -0.25) is 4.79 Å². The normalized spacial score (nSPS) is 12.0. The molecule has 5 aromatic rings. The van der Waals surface area contributed by atoms with Crippen LogP contribution in [0.5, 0.6) is 11.5 Å². The molecule has 0 aliphatic carbocycles. The van der Waals surface area contributed by atoms with E-state index in [1.165, 1.54) is 11.3 Å². The zero-order valence-electron chi connectivity index (χ0n) is 16.2. The van der Waals surface area contributed by atoms with Crippen molar-refractivity contribution >= 4 is 33.4 Å². The summed E-state index contributed by atoms with van der Waals surface area (Å²) in [5.74, 6) is 1.28. The highest BCUT2D eigenvalue weighted by atomic mass is 32.1. The third kappa shape index (κ3) is 3.31. The zero-order chi connectivity index (χ0) is 20.5. The lowest BCUT2D eigenvalue weighted by atomic mass is 10.2. The number of imidazole rings is 1. The number of ether oxygens (including phenoxy) is 2. The van der Waals surface area contributed by atoms with Crippen molar-refractivity contribution in [3.05, 3.63) is 98.8 Å². The van der Waals surface area contributed by atoms with Gasteiger partial charge in [-0.2, -0.15) is 0 Å². The van der Waals surface area contributed by atoms with E-state index in [1.807, 2.05) is 78.9 Å². The van der Waals surface area contributed by atoms with Crippen molar-refractivity contribution in [2.24, 2.45) is 0 Å². The second-order valence-electron chi connectivity index (χ2n) is 6.82. The maximum atomic E-state index is 13.0. The Hall–Kier alpha value is -3.64. The molecular weight excluding hydrogens is 396 g/mol. The number of nitrogens with zero attached hydrogens (tertiary/aromatic N) is 2. The standard InChI is InChI=1S/C24H18N2O3S/c1-28-20-12-11-17(13-21(20)29-15-16-7-3-2-4-8-16)14-22-23(27)26-19-10-6-5-9-18(19)25-24(26)30-22/h2-14H,15H2,1H3. The highest BCUT2D eigenvalue weighted by molar-refractivity contribution is 7.15. The summed E-state index contributed by atoms with van der Waals surface area (Å²) in [6.07, 6.45) is 1.87. The first kappa shape index (κ1) is 18.4. The Balaban J connectivity index is 1.53. The van der Waals surface area contributed by atoms with Crippen LogP contribution in [0.25, 0.3) is 22.1 Å². The van der Waals surface area contributed by atoms with Crippen molar-refractivity contribution in [2.75, 3.05) is 7.11 Å². The van der Waals surface area contributed by atoms with Crippen LogP contribution in [0.3, 0.4) is 0 Å². The fraction of sp³-hybridized carbons (Fsp3) is 0.0833. The Labute approximate surface area is 176 Å². The van der Waals surface area contributed by atoms with Gasteiger partial charge in [-0.1, -0.05) is 59.9 Å². The predicted octanol–water partition coefficient (Wildman–Crippen LogP) is 4.04. The van der Waals surface area contributed by atoms with Crippen molar-refractivity contribution < 1.29 is 9.47 Å². The van der Waals surface area contributed by atoms with Crippen LogP contribution in [0, 0.1) is 0 Å². The summed E-state index contributed by atoms with van der Waals surface area (Å²) in [5.41, 5.74) is 3.53. The molecule has 5 rings (SSSR count). The molecule has 0 fully saturated rings. The molecule has 0 N–H and O–H groups in total. The van der Waals surface area contributed by atoms with Gasteiger partial charge in [0.25, 0.3) is 5.56 Å². The van der Waals surface area contributed by atoms with E-state index in [0.717, 1.165) is 22.2 Å². The Morgan fingerprint density at radius 1 is 1.00 bits per heavy atom. The predicted molar refractivity (Wildman–Crippen MR) is 119 cm³/mol. The van der Waals surface area contributed by atoms with Crippen molar-refractivity contribution in [3.63, 3.8) is 0 Å². The van der Waals surface area contributed by atoms with Crippen LogP contribution < -0.4 is 19.6 Å². The van der Waals surface area contributed by atoms with Crippen LogP contribution in [0.2, 0.25) is 0 Å². The van der Waals surface area contributed by atoms with Gasteiger partial charge < -0.3 is 9.47 Å². The van der Waals surface area contributed by atoms with Crippen LogP contribution in [0.15, 0.2) is 77.6 Å². The molecule has 0 bridgehead atoms. The van der Waals surface area contributed by atoms with E-state index in [4.69, 9.17) is 9.47 Å². The van der Waals surface area contributed by atoms with Crippen molar-refractivity contribution in [2.45, 2.75) is 6.61 Å². The molecule has 0 aliphatic rings. The lowest BCUT2D eigenvalue weighted by Gasteiger charge is -2.11. The minimum atomic E-state index is -0.0636. The maximum absolute atomic E-state index is 13.0. The molecule has 5 nitrogen and oxygen atoms in total. The van der Waals surface area contributed by atoms with E-state index in [-0.39, 0.29) is 5.56 Å². The molecule has 0 unspecified atom stereocenters. The number of para-hydroxylation sites is 2. The number of hydrogen-bond acceptors (Lipinski definition) is 5. The summed E-state index contributed by atoms with van der Waals surface area (Å²) in [6, 6.07) is 23.3. The molecule has 30 heavy (non-hydrogen) atoms. The maximum Gasteiger partial charge on any atom is 0.274 e. The number of methoxy groups -OCH3 is 1. The molecule has 3 aromatic carbocycles. The quantitative estimate of drug-likeness (QED) is 0.436. The molecule has 2 heterocycles. The Morgan fingerprint density at radius 2 is 1.80 bits per heavy atom. The van der Waals surface area contributed by atoms with E-state index in [0.29, 0.717) is 27.6 Å². The van der Waals surface area contributed by atoms with Crippen molar-refractivity contribution in [3.8, 4) is 11.5 Å². The van der Waals surface area contributed by atoms with Crippen molar-refractivity contribution in [1.29, 1.82) is 0 Å². The van der Waals surface area contributed by atoms with Gasteiger partial charge in [-0.05, 0) is 41.5 Å². The molecule has 0 radical (unpaired) electrons. The summed E-state index contributed by atoms with van der Waals surface area (Å²) in [4.78, 5) is 18.2. The van der Waals surface area contributed by atoms with Gasteiger partial charge in [0.1, 0.15) is 6.61 Å². The lowest BCUT2D eigenvalue weighted by Crippen LogP contribution is -2.22. The topological polar surface area (TPSA) is 52.8 Å². The Morgan fingerprint density at radius 3 is 2.63 bits per heavy atom. The molecule has 0 spiro atoms. The summed E-state index contributed by atoms with van der Waals surface area (Å²) >= 11 is 1.38. The van der Waals surface area contributed by atoms with Gasteiger partial charge >= 0.3 is 0 Å². The number of hydrogen-bond donors (Lipinski definition) is 0. The molecule has 2 aromatic heterocycles. The van der Waals surface area contributed by atoms with Gasteiger partial charge in [0.15, 0.2) is 16.5 Å². The van der Waals surface area contributed by atoms with Gasteiger partial charge in [0.2, 0.25) is 0 Å². The number of benzene rings is 3. The number of aromatic nitrogens is 2. The number of thiazole rings is 1. The largest absolute Gasteiger partial charge is 0.493 e. The molecule has 0 aliphatic heterocycles. The minimum absolute atomic E-state index is 0.0636. The molecule has 6 heteroatoms. The second kappa shape index (κ2) is 7.65. The highest BCUT2D eigenvalue weighted by Gasteiger charge is 2.11. The van der Waals surface area contributed by atoms with Gasteiger partial charge in [0.05, 0.1) is 22.7 Å². The average molecular weight is 414 g/mol. The minimum Gasteiger partial charge on any atom is -0.493 e. The lowest BCUT2D eigenvalue weighted by molar-refractivity contribution is 0.284. The molecule has 0 atom stereocenters. The second-order valence-corrected chi connectivity index (χ2v) is 7.83. The highest BCUT2D eigenvalue weighted by Crippen LogP contribution is 2.29. The molecule has 0 saturated heterocycles. The Kier molecular flexibility index (Phi) is 4.69. The number of fused-ring (bicyclic) bond motifs is 3. The van der Waals surface area contributed by atoms with E-state index in [9.17, 15) is 4.79 Å². The fourth-order valence-corrected chi connectivity index (χ4v) is 4.38. The molecule has 0 saturated carbocycles. The van der Waals surface area contributed by atoms with Gasteiger partial charge in [-0.15, -0.1) is 0 Å². The third-order valence-corrected chi connectivity index (χ3v) is 5.84. The molecule has 0 amide bonds. The summed E-state index contributed by atoms with van der Waals surface area (Å²) in [5, 5.41) is 0. The monoisotopic (exact) mass is 414 g/mol. The van der Waals surface area contributed by atoms with Crippen LogP contribution in [0.4, 0.5) is 0 Å². The first-order valence-electron chi connectivity index (χ1n) is 9.49. The first-order chi connectivity index (χ1) is 14.7. The van der Waals surface area contributed by atoms with Crippen LogP contribution in [-0.2, 0) is 6.61 Å². The van der Waals surface area contributed by atoms with E-state index < -0.39 is 0 Å². The zero-order valence-corrected chi connectivity index (χ0v) is 17.1. The van der Waals surface area contributed by atoms with Crippen LogP contribution >= 0.6 is 11.3 Å². The molecule has 148 valence electrons. The smallest absolute Gasteiger partial charge is 0.274 e. The van der Waals surface area contributed by atoms with Gasteiger partial charge in [0, 0.05) is 0 Å². The first-order valence-corrected chi connectivity index (χ1v) is 10.3. The van der Waals surface area contributed by atoms with Gasteiger partial charge in [-0.25, -0.2) is 9.38 Å². The van der Waals surface area contributed by atoms with E-state index in [1.54, 1.807) is 11.5 Å². The van der Waals surface area contributed by atoms with Crippen LogP contribution in [0.1, 0.15) is 11.1 Å². The Bertz CT molecular complexity index is 1450. The van der Waals surface area contributed by atoms with E-state index in [2.05, 4.69) is 4.98 Å². The third-order valence-electron chi connectivity index (χ3n) is 4.87. The molecular formula is C24H18N2O3S. The van der Waals surface area contributed by atoms with E-state index >= 15 is 0 Å². The average Bonchev–Trinajstić information content (AvgIpc) is 3.29. The van der Waals surface area contributed by atoms with Crippen molar-refractivity contribution in [1.82, 2.24) is 9.38 Å². The number of rotatable bonds is 5. The summed E-state index contributed by atoms with van der Waals surface area (Å²) in [6.45, 7) is 0.437. The summed E-state index contributed by atoms with van der Waals surface area (Å²) in [7, 11) is 1.61. The fourth-order valence-electron chi connectivity index (χ4n) is 3.39.